The van der Waals surface area contributed by atoms with Gasteiger partial charge >= 0.3 is 0 Å². The number of fused-ring (bicyclic) bond motifs is 1. The van der Waals surface area contributed by atoms with Crippen LogP contribution in [0.15, 0.2) is 35.0 Å². The van der Waals surface area contributed by atoms with Crippen molar-refractivity contribution in [2.75, 3.05) is 0 Å². The van der Waals surface area contributed by atoms with Crippen LogP contribution in [0.4, 0.5) is 0 Å². The van der Waals surface area contributed by atoms with Gasteiger partial charge in [-0.2, -0.15) is 4.98 Å². The van der Waals surface area contributed by atoms with Gasteiger partial charge in [-0.25, -0.2) is 9.50 Å². The number of rotatable bonds is 4. The number of furan rings is 1. The molecule has 7 nitrogen and oxygen atoms in total. The van der Waals surface area contributed by atoms with Gasteiger partial charge in [0, 0.05) is 12.4 Å². The Hall–Kier alpha value is -2.70. The van der Waals surface area contributed by atoms with Gasteiger partial charge in [-0.3, -0.25) is 4.79 Å². The van der Waals surface area contributed by atoms with Gasteiger partial charge in [0.05, 0.1) is 12.5 Å². The first-order valence-corrected chi connectivity index (χ1v) is 6.64. The van der Waals surface area contributed by atoms with Crippen molar-refractivity contribution in [3.05, 3.63) is 47.9 Å². The van der Waals surface area contributed by atoms with E-state index in [1.54, 1.807) is 23.0 Å². The molecule has 0 spiro atoms. The first-order valence-electron chi connectivity index (χ1n) is 6.64. The van der Waals surface area contributed by atoms with Crippen LogP contribution in [0.5, 0.6) is 0 Å². The van der Waals surface area contributed by atoms with Crippen LogP contribution >= 0.6 is 0 Å². The molecule has 1 amide bonds. The molecule has 0 radical (unpaired) electrons. The number of aromatic nitrogens is 4. The van der Waals surface area contributed by atoms with Gasteiger partial charge in [0.2, 0.25) is 5.91 Å². The molecule has 0 saturated carbocycles. The Morgan fingerprint density at radius 1 is 1.48 bits per heavy atom. The summed E-state index contributed by atoms with van der Waals surface area (Å²) in [5, 5.41) is 7.06. The van der Waals surface area contributed by atoms with Crippen LogP contribution in [0.25, 0.3) is 5.78 Å². The van der Waals surface area contributed by atoms with Gasteiger partial charge in [0.25, 0.3) is 5.78 Å². The van der Waals surface area contributed by atoms with E-state index in [0.29, 0.717) is 11.6 Å². The number of hydrogen-bond donors (Lipinski definition) is 1. The van der Waals surface area contributed by atoms with Gasteiger partial charge in [-0.1, -0.05) is 0 Å². The fourth-order valence-corrected chi connectivity index (χ4v) is 2.04. The van der Waals surface area contributed by atoms with Crippen molar-refractivity contribution in [2.45, 2.75) is 26.3 Å². The van der Waals surface area contributed by atoms with Crippen molar-refractivity contribution in [3.8, 4) is 0 Å². The van der Waals surface area contributed by atoms with Crippen LogP contribution in [0.1, 0.15) is 30.3 Å². The second-order valence-corrected chi connectivity index (χ2v) is 4.81. The molecular weight excluding hydrogens is 270 g/mol. The lowest BCUT2D eigenvalue weighted by Crippen LogP contribution is -2.28. The number of carbonyl (C=O) groups excluding carboxylic acids is 1. The quantitative estimate of drug-likeness (QED) is 0.784. The summed E-state index contributed by atoms with van der Waals surface area (Å²) < 4.78 is 7.03. The molecule has 0 aliphatic rings. The standard InChI is InChI=1S/C14H15N5O2/c1-9-4-5-11(21-9)10(2)16-13(20)8-12-17-14-15-6-3-7-19(14)18-12/h3-7,10H,8H2,1-2H3,(H,16,20)/t10-/m0/s1. The first-order chi connectivity index (χ1) is 10.1. The summed E-state index contributed by atoms with van der Waals surface area (Å²) in [6.07, 6.45) is 3.48. The first kappa shape index (κ1) is 13.3. The van der Waals surface area contributed by atoms with Crippen LogP contribution < -0.4 is 5.32 Å². The summed E-state index contributed by atoms with van der Waals surface area (Å²) in [6, 6.07) is 5.29. The molecule has 3 aromatic rings. The van der Waals surface area contributed by atoms with Crippen molar-refractivity contribution in [2.24, 2.45) is 0 Å². The van der Waals surface area contributed by atoms with Crippen molar-refractivity contribution in [3.63, 3.8) is 0 Å². The van der Waals surface area contributed by atoms with E-state index >= 15 is 0 Å². The van der Waals surface area contributed by atoms with Crippen LogP contribution in [0, 0.1) is 6.92 Å². The largest absolute Gasteiger partial charge is 0.464 e. The summed E-state index contributed by atoms with van der Waals surface area (Å²) in [5.74, 6) is 2.31. The number of nitrogens with zero attached hydrogens (tertiary/aromatic N) is 4. The molecular formula is C14H15N5O2. The van der Waals surface area contributed by atoms with E-state index in [1.165, 1.54) is 0 Å². The molecule has 7 heteroatoms. The minimum atomic E-state index is -0.193. The average molecular weight is 285 g/mol. The SMILES string of the molecule is Cc1ccc([C@H](C)NC(=O)Cc2nc3ncccn3n2)o1. The smallest absolute Gasteiger partial charge is 0.252 e. The van der Waals surface area contributed by atoms with E-state index in [-0.39, 0.29) is 18.4 Å². The van der Waals surface area contributed by atoms with Crippen LogP contribution in [-0.4, -0.2) is 25.5 Å². The highest BCUT2D eigenvalue weighted by molar-refractivity contribution is 5.78. The van der Waals surface area contributed by atoms with Gasteiger partial charge < -0.3 is 9.73 Å². The van der Waals surface area contributed by atoms with E-state index in [0.717, 1.165) is 11.5 Å². The Balaban J connectivity index is 1.66. The molecule has 3 rings (SSSR count). The number of carbonyl (C=O) groups is 1. The number of nitrogens with one attached hydrogen (secondary N) is 1. The zero-order valence-electron chi connectivity index (χ0n) is 11.8. The molecule has 0 aliphatic heterocycles. The highest BCUT2D eigenvalue weighted by atomic mass is 16.3. The van der Waals surface area contributed by atoms with Gasteiger partial charge in [0.1, 0.15) is 11.5 Å². The molecule has 3 heterocycles. The maximum atomic E-state index is 12.0. The lowest BCUT2D eigenvalue weighted by Gasteiger charge is -2.10. The van der Waals surface area contributed by atoms with Crippen LogP contribution in [0.3, 0.4) is 0 Å². The second-order valence-electron chi connectivity index (χ2n) is 4.81. The molecule has 3 aromatic heterocycles. The van der Waals surface area contributed by atoms with Gasteiger partial charge in [0.15, 0.2) is 5.82 Å². The molecule has 0 unspecified atom stereocenters. The normalized spacial score (nSPS) is 12.5. The van der Waals surface area contributed by atoms with Crippen molar-refractivity contribution in [1.82, 2.24) is 24.9 Å². The minimum Gasteiger partial charge on any atom is -0.464 e. The Morgan fingerprint density at radius 2 is 2.33 bits per heavy atom. The summed E-state index contributed by atoms with van der Waals surface area (Å²) in [4.78, 5) is 20.3. The Kier molecular flexibility index (Phi) is 3.39. The Morgan fingerprint density at radius 3 is 3.05 bits per heavy atom. The highest BCUT2D eigenvalue weighted by Crippen LogP contribution is 2.15. The molecule has 0 fully saturated rings. The topological polar surface area (TPSA) is 85.3 Å². The van der Waals surface area contributed by atoms with Crippen molar-refractivity contribution >= 4 is 11.7 Å². The number of amides is 1. The summed E-state index contributed by atoms with van der Waals surface area (Å²) in [5.41, 5.74) is 0. The zero-order valence-corrected chi connectivity index (χ0v) is 11.8. The molecule has 108 valence electrons. The highest BCUT2D eigenvalue weighted by Gasteiger charge is 2.15. The predicted octanol–water partition coefficient (Wildman–Crippen LogP) is 1.45. The van der Waals surface area contributed by atoms with E-state index in [4.69, 9.17) is 4.42 Å². The maximum absolute atomic E-state index is 12.0. The van der Waals surface area contributed by atoms with Crippen LogP contribution in [-0.2, 0) is 11.2 Å². The molecule has 1 N–H and O–H groups in total. The fraction of sp³-hybridized carbons (Fsp3) is 0.286. The average Bonchev–Trinajstić information content (AvgIpc) is 3.03. The summed E-state index contributed by atoms with van der Waals surface area (Å²) in [7, 11) is 0. The van der Waals surface area contributed by atoms with Crippen LogP contribution in [0.2, 0.25) is 0 Å². The minimum absolute atomic E-state index is 0.105. The number of hydrogen-bond acceptors (Lipinski definition) is 5. The molecule has 21 heavy (non-hydrogen) atoms. The molecule has 0 saturated heterocycles. The summed E-state index contributed by atoms with van der Waals surface area (Å²) >= 11 is 0. The third-order valence-electron chi connectivity index (χ3n) is 3.04. The van der Waals surface area contributed by atoms with E-state index in [1.807, 2.05) is 26.0 Å². The number of aryl methyl sites for hydroxylation is 1. The third-order valence-corrected chi connectivity index (χ3v) is 3.04. The van der Waals surface area contributed by atoms with E-state index < -0.39 is 0 Å². The zero-order chi connectivity index (χ0) is 14.8. The van der Waals surface area contributed by atoms with E-state index in [2.05, 4.69) is 20.4 Å². The molecule has 1 atom stereocenters. The van der Waals surface area contributed by atoms with Crippen molar-refractivity contribution in [1.29, 1.82) is 0 Å². The lowest BCUT2D eigenvalue weighted by atomic mass is 10.2. The monoisotopic (exact) mass is 285 g/mol. The predicted molar refractivity (Wildman–Crippen MR) is 74.5 cm³/mol. The summed E-state index contributed by atoms with van der Waals surface area (Å²) in [6.45, 7) is 3.74. The Labute approximate surface area is 121 Å². The van der Waals surface area contributed by atoms with Gasteiger partial charge in [-0.05, 0) is 32.0 Å². The van der Waals surface area contributed by atoms with Gasteiger partial charge in [-0.15, -0.1) is 5.10 Å². The molecule has 0 aliphatic carbocycles. The lowest BCUT2D eigenvalue weighted by molar-refractivity contribution is -0.121. The Bertz CT molecular complexity index is 743. The van der Waals surface area contributed by atoms with E-state index in [9.17, 15) is 4.79 Å². The second kappa shape index (κ2) is 5.35. The fourth-order valence-electron chi connectivity index (χ4n) is 2.04. The molecule has 0 aromatic carbocycles. The maximum Gasteiger partial charge on any atom is 0.252 e. The molecule has 0 bridgehead atoms. The third kappa shape index (κ3) is 2.91. The van der Waals surface area contributed by atoms with Crippen molar-refractivity contribution < 1.29 is 9.21 Å².